The van der Waals surface area contributed by atoms with Crippen molar-refractivity contribution in [1.29, 1.82) is 0 Å². The van der Waals surface area contributed by atoms with Crippen LogP contribution >= 0.6 is 0 Å². The summed E-state index contributed by atoms with van der Waals surface area (Å²) in [6.45, 7) is 2.23. The number of nitrogens with one attached hydrogen (secondary N) is 1. The van der Waals surface area contributed by atoms with E-state index in [1.807, 2.05) is 6.08 Å². The number of allylic oxidation sites excluding steroid dienone is 1. The molecule has 1 fully saturated rings. The molecule has 0 atom stereocenters. The van der Waals surface area contributed by atoms with Gasteiger partial charge in [0.25, 0.3) is 0 Å². The van der Waals surface area contributed by atoms with Crippen molar-refractivity contribution < 1.29 is 4.79 Å². The number of carbonyl (C=O) groups is 1. The first kappa shape index (κ1) is 15.3. The summed E-state index contributed by atoms with van der Waals surface area (Å²) in [7, 11) is 0. The van der Waals surface area contributed by atoms with Crippen LogP contribution in [0.5, 0.6) is 0 Å². The Hall–Kier alpha value is -0.790. The molecule has 1 aliphatic rings. The van der Waals surface area contributed by atoms with Gasteiger partial charge in [-0.1, -0.05) is 57.9 Å². The zero-order valence-electron chi connectivity index (χ0n) is 11.9. The molecule has 0 bridgehead atoms. The molecular weight excluding hydrogens is 222 g/mol. The molecule has 0 radical (unpaired) electrons. The Morgan fingerprint density at radius 2 is 1.83 bits per heavy atom. The summed E-state index contributed by atoms with van der Waals surface area (Å²) < 4.78 is 0. The number of hydrogen-bond acceptors (Lipinski definition) is 1. The molecule has 2 heteroatoms. The molecule has 1 amide bonds. The van der Waals surface area contributed by atoms with Crippen LogP contribution in [0.25, 0.3) is 0 Å². The Morgan fingerprint density at radius 3 is 2.56 bits per heavy atom. The maximum Gasteiger partial charge on any atom is 0.243 e. The van der Waals surface area contributed by atoms with Gasteiger partial charge in [-0.3, -0.25) is 4.79 Å². The van der Waals surface area contributed by atoms with Crippen molar-refractivity contribution in [3.05, 3.63) is 12.2 Å². The van der Waals surface area contributed by atoms with Gasteiger partial charge in [0.05, 0.1) is 0 Å². The van der Waals surface area contributed by atoms with Crippen molar-refractivity contribution in [3.8, 4) is 0 Å². The third kappa shape index (κ3) is 7.52. The third-order valence-electron chi connectivity index (χ3n) is 3.70. The van der Waals surface area contributed by atoms with Gasteiger partial charge in [-0.2, -0.15) is 0 Å². The maximum absolute atomic E-state index is 11.6. The molecule has 1 rings (SSSR count). The molecule has 1 saturated carbocycles. The Labute approximate surface area is 112 Å². The lowest BCUT2D eigenvalue weighted by Gasteiger charge is -2.21. The molecule has 0 aromatic carbocycles. The molecule has 0 aromatic rings. The molecule has 0 aromatic heterocycles. The molecule has 0 unspecified atom stereocenters. The van der Waals surface area contributed by atoms with Crippen LogP contribution in [0.4, 0.5) is 0 Å². The first-order chi connectivity index (χ1) is 8.83. The van der Waals surface area contributed by atoms with Crippen LogP contribution in [0.3, 0.4) is 0 Å². The first-order valence-corrected chi connectivity index (χ1v) is 7.80. The second kappa shape index (κ2) is 10.2. The van der Waals surface area contributed by atoms with Crippen LogP contribution in [0, 0.1) is 0 Å². The fourth-order valence-electron chi connectivity index (χ4n) is 2.55. The minimum absolute atomic E-state index is 0.107. The normalized spacial score (nSPS) is 17.2. The molecule has 104 valence electrons. The minimum Gasteiger partial charge on any atom is -0.350 e. The Morgan fingerprint density at radius 1 is 1.11 bits per heavy atom. The zero-order chi connectivity index (χ0) is 13.1. The molecular formula is C16H29NO. The predicted octanol–water partition coefficient (Wildman–Crippen LogP) is 4.35. The van der Waals surface area contributed by atoms with Crippen molar-refractivity contribution >= 4 is 5.91 Å². The second-order valence-corrected chi connectivity index (χ2v) is 5.45. The van der Waals surface area contributed by atoms with E-state index in [4.69, 9.17) is 0 Å². The van der Waals surface area contributed by atoms with Crippen molar-refractivity contribution in [2.75, 3.05) is 0 Å². The van der Waals surface area contributed by atoms with Crippen molar-refractivity contribution in [2.24, 2.45) is 0 Å². The Balaban J connectivity index is 2.00. The van der Waals surface area contributed by atoms with E-state index >= 15 is 0 Å². The highest BCUT2D eigenvalue weighted by atomic mass is 16.1. The van der Waals surface area contributed by atoms with E-state index in [1.54, 1.807) is 6.08 Å². The van der Waals surface area contributed by atoms with Crippen molar-refractivity contribution in [3.63, 3.8) is 0 Å². The molecule has 0 aliphatic heterocycles. The standard InChI is InChI=1S/C16H29NO/c1-2-3-4-5-6-7-11-14-16(18)17-15-12-9-8-10-13-15/h11,14-15H,2-10,12-13H2,1H3,(H,17,18). The van der Waals surface area contributed by atoms with E-state index in [0.717, 1.165) is 19.3 Å². The molecule has 0 spiro atoms. The Bertz CT molecular complexity index is 241. The summed E-state index contributed by atoms with van der Waals surface area (Å²) in [5.74, 6) is 0.107. The lowest BCUT2D eigenvalue weighted by atomic mass is 9.95. The van der Waals surface area contributed by atoms with E-state index in [9.17, 15) is 4.79 Å². The topological polar surface area (TPSA) is 29.1 Å². The zero-order valence-corrected chi connectivity index (χ0v) is 11.9. The monoisotopic (exact) mass is 251 g/mol. The fraction of sp³-hybridized carbons (Fsp3) is 0.812. The van der Waals surface area contributed by atoms with Gasteiger partial charge < -0.3 is 5.32 Å². The van der Waals surface area contributed by atoms with E-state index in [-0.39, 0.29) is 5.91 Å². The average molecular weight is 251 g/mol. The van der Waals surface area contributed by atoms with Gasteiger partial charge >= 0.3 is 0 Å². The number of carbonyl (C=O) groups excluding carboxylic acids is 1. The van der Waals surface area contributed by atoms with E-state index in [1.165, 1.54) is 51.4 Å². The molecule has 0 heterocycles. The van der Waals surface area contributed by atoms with Gasteiger partial charge in [-0.25, -0.2) is 0 Å². The summed E-state index contributed by atoms with van der Waals surface area (Å²) in [5.41, 5.74) is 0. The van der Waals surface area contributed by atoms with E-state index in [2.05, 4.69) is 12.2 Å². The van der Waals surface area contributed by atoms with Crippen LogP contribution in [-0.4, -0.2) is 11.9 Å². The Kier molecular flexibility index (Phi) is 8.62. The molecule has 1 N–H and O–H groups in total. The van der Waals surface area contributed by atoms with Crippen LogP contribution in [0.15, 0.2) is 12.2 Å². The van der Waals surface area contributed by atoms with Gasteiger partial charge in [-0.15, -0.1) is 0 Å². The minimum atomic E-state index is 0.107. The third-order valence-corrected chi connectivity index (χ3v) is 3.70. The van der Waals surface area contributed by atoms with Crippen molar-refractivity contribution in [2.45, 2.75) is 83.6 Å². The molecule has 0 saturated heterocycles. The van der Waals surface area contributed by atoms with Gasteiger partial charge in [0.1, 0.15) is 0 Å². The van der Waals surface area contributed by atoms with Crippen LogP contribution in [0.1, 0.15) is 77.6 Å². The summed E-state index contributed by atoms with van der Waals surface area (Å²) >= 11 is 0. The number of unbranched alkanes of at least 4 members (excludes halogenated alkanes) is 5. The molecule has 18 heavy (non-hydrogen) atoms. The maximum atomic E-state index is 11.6. The fourth-order valence-corrected chi connectivity index (χ4v) is 2.55. The number of hydrogen-bond donors (Lipinski definition) is 1. The smallest absolute Gasteiger partial charge is 0.243 e. The molecule has 1 aliphatic carbocycles. The summed E-state index contributed by atoms with van der Waals surface area (Å²) in [5, 5.41) is 3.10. The van der Waals surface area contributed by atoms with E-state index in [0.29, 0.717) is 6.04 Å². The summed E-state index contributed by atoms with van der Waals surface area (Å²) in [4.78, 5) is 11.6. The summed E-state index contributed by atoms with van der Waals surface area (Å²) in [6.07, 6.45) is 17.5. The highest BCUT2D eigenvalue weighted by molar-refractivity contribution is 5.87. The number of amides is 1. The predicted molar refractivity (Wildman–Crippen MR) is 77.5 cm³/mol. The van der Waals surface area contributed by atoms with Gasteiger partial charge in [0, 0.05) is 6.04 Å². The van der Waals surface area contributed by atoms with E-state index < -0.39 is 0 Å². The first-order valence-electron chi connectivity index (χ1n) is 7.80. The lowest BCUT2D eigenvalue weighted by Crippen LogP contribution is -2.34. The number of rotatable bonds is 8. The summed E-state index contributed by atoms with van der Waals surface area (Å²) in [6, 6.07) is 0.431. The average Bonchev–Trinajstić information content (AvgIpc) is 2.39. The lowest BCUT2D eigenvalue weighted by molar-refractivity contribution is -0.117. The molecule has 2 nitrogen and oxygen atoms in total. The largest absolute Gasteiger partial charge is 0.350 e. The van der Waals surface area contributed by atoms with Crippen LogP contribution in [0.2, 0.25) is 0 Å². The highest BCUT2D eigenvalue weighted by Crippen LogP contribution is 2.17. The quantitative estimate of drug-likeness (QED) is 0.504. The van der Waals surface area contributed by atoms with Gasteiger partial charge in [0.15, 0.2) is 0 Å². The van der Waals surface area contributed by atoms with Gasteiger partial charge in [-0.05, 0) is 31.8 Å². The second-order valence-electron chi connectivity index (χ2n) is 5.45. The SMILES string of the molecule is CCCCCCCC=CC(=O)NC1CCCCC1. The van der Waals surface area contributed by atoms with Gasteiger partial charge in [0.2, 0.25) is 5.91 Å². The van der Waals surface area contributed by atoms with Crippen LogP contribution < -0.4 is 5.32 Å². The highest BCUT2D eigenvalue weighted by Gasteiger charge is 2.13. The van der Waals surface area contributed by atoms with Crippen LogP contribution in [-0.2, 0) is 4.79 Å². The van der Waals surface area contributed by atoms with Crippen molar-refractivity contribution in [1.82, 2.24) is 5.32 Å².